The fraction of sp³-hybridized carbons (Fsp3) is 0.444. The monoisotopic (exact) mass is 268 g/mol. The number of allylic oxidation sites excluding steroid dienone is 7. The van der Waals surface area contributed by atoms with Gasteiger partial charge < -0.3 is 0 Å². The first-order chi connectivity index (χ1) is 9.74. The van der Waals surface area contributed by atoms with Crippen LogP contribution in [0.2, 0.25) is 0 Å². The average molecular weight is 268 g/mol. The normalized spacial score (nSPS) is 25.7. The smallest absolute Gasteiger partial charge is 0.186 e. The van der Waals surface area contributed by atoms with Gasteiger partial charge in [-0.2, -0.15) is 0 Å². The topological polar surface area (TPSA) is 34.1 Å². The van der Waals surface area contributed by atoms with Crippen LogP contribution in [0.3, 0.4) is 0 Å². The van der Waals surface area contributed by atoms with Crippen molar-refractivity contribution in [3.63, 3.8) is 0 Å². The van der Waals surface area contributed by atoms with Crippen molar-refractivity contribution in [2.75, 3.05) is 0 Å². The second kappa shape index (κ2) is 5.35. The van der Waals surface area contributed by atoms with E-state index in [4.69, 9.17) is 0 Å². The van der Waals surface area contributed by atoms with Gasteiger partial charge in [0.2, 0.25) is 0 Å². The molecule has 1 unspecified atom stereocenters. The summed E-state index contributed by atoms with van der Waals surface area (Å²) in [5.41, 5.74) is 3.20. The van der Waals surface area contributed by atoms with Crippen molar-refractivity contribution in [1.82, 2.24) is 0 Å². The fourth-order valence-corrected chi connectivity index (χ4v) is 3.59. The van der Waals surface area contributed by atoms with E-state index in [1.807, 2.05) is 12.2 Å². The summed E-state index contributed by atoms with van der Waals surface area (Å²) in [4.78, 5) is 25.4. The number of Topliss-reactive ketones (excluding diaryl/α,β-unsaturated/α-hetero) is 2. The van der Waals surface area contributed by atoms with Crippen LogP contribution in [0.25, 0.3) is 0 Å². The highest BCUT2D eigenvalue weighted by molar-refractivity contribution is 6.25. The van der Waals surface area contributed by atoms with Crippen molar-refractivity contribution in [3.8, 4) is 0 Å². The Bertz CT molecular complexity index is 572. The fourth-order valence-electron chi connectivity index (χ4n) is 3.59. The van der Waals surface area contributed by atoms with Crippen LogP contribution in [0.1, 0.15) is 44.9 Å². The molecule has 0 bridgehead atoms. The molecule has 0 amide bonds. The maximum atomic E-state index is 12.8. The van der Waals surface area contributed by atoms with Gasteiger partial charge in [0.05, 0.1) is 0 Å². The van der Waals surface area contributed by atoms with Crippen molar-refractivity contribution in [2.45, 2.75) is 44.9 Å². The van der Waals surface area contributed by atoms with Gasteiger partial charge in [-0.1, -0.05) is 18.2 Å². The maximum absolute atomic E-state index is 12.8. The minimum Gasteiger partial charge on any atom is -0.289 e. The zero-order valence-electron chi connectivity index (χ0n) is 11.8. The Morgan fingerprint density at radius 3 is 2.50 bits per heavy atom. The van der Waals surface area contributed by atoms with Gasteiger partial charge in [0.15, 0.2) is 11.6 Å². The SMILES string of the molecule is C=CCCC1C=CCC2=C1C(=O)C1=C(CCCC1)C2=O. The van der Waals surface area contributed by atoms with Crippen molar-refractivity contribution >= 4 is 11.6 Å². The third-order valence-electron chi connectivity index (χ3n) is 4.60. The Morgan fingerprint density at radius 2 is 1.80 bits per heavy atom. The van der Waals surface area contributed by atoms with E-state index in [1.54, 1.807) is 0 Å². The van der Waals surface area contributed by atoms with Gasteiger partial charge in [0.25, 0.3) is 0 Å². The van der Waals surface area contributed by atoms with Crippen LogP contribution in [0, 0.1) is 5.92 Å². The average Bonchev–Trinajstić information content (AvgIpc) is 2.50. The van der Waals surface area contributed by atoms with E-state index in [1.165, 1.54) is 0 Å². The minimum absolute atomic E-state index is 0.101. The molecule has 0 spiro atoms. The van der Waals surface area contributed by atoms with Crippen LogP contribution < -0.4 is 0 Å². The molecule has 3 aliphatic carbocycles. The maximum Gasteiger partial charge on any atom is 0.186 e. The summed E-state index contributed by atoms with van der Waals surface area (Å²) < 4.78 is 0. The third-order valence-corrected chi connectivity index (χ3v) is 4.60. The molecule has 0 saturated heterocycles. The Hall–Kier alpha value is -1.70. The summed E-state index contributed by atoms with van der Waals surface area (Å²) in [6.45, 7) is 3.75. The first-order valence-electron chi connectivity index (χ1n) is 7.56. The lowest BCUT2D eigenvalue weighted by atomic mass is 9.71. The Morgan fingerprint density at radius 1 is 1.10 bits per heavy atom. The largest absolute Gasteiger partial charge is 0.289 e. The molecule has 0 aromatic rings. The number of hydrogen-bond donors (Lipinski definition) is 0. The van der Waals surface area contributed by atoms with Gasteiger partial charge in [-0.05, 0) is 44.9 Å². The molecule has 1 atom stereocenters. The molecule has 3 aliphatic rings. The lowest BCUT2D eigenvalue weighted by Crippen LogP contribution is -2.30. The highest BCUT2D eigenvalue weighted by Gasteiger charge is 2.37. The Balaban J connectivity index is 1.99. The van der Waals surface area contributed by atoms with E-state index >= 15 is 0 Å². The second-order valence-corrected chi connectivity index (χ2v) is 5.82. The molecule has 0 radical (unpaired) electrons. The Kier molecular flexibility index (Phi) is 3.56. The van der Waals surface area contributed by atoms with Crippen molar-refractivity contribution < 1.29 is 9.59 Å². The molecule has 20 heavy (non-hydrogen) atoms. The molecular weight excluding hydrogens is 248 g/mol. The zero-order chi connectivity index (χ0) is 14.1. The zero-order valence-corrected chi connectivity index (χ0v) is 11.8. The molecular formula is C18H20O2. The number of carbonyl (C=O) groups is 2. The Labute approximate surface area is 119 Å². The summed E-state index contributed by atoms with van der Waals surface area (Å²) in [7, 11) is 0. The van der Waals surface area contributed by atoms with Gasteiger partial charge >= 0.3 is 0 Å². The first-order valence-corrected chi connectivity index (χ1v) is 7.56. The second-order valence-electron chi connectivity index (χ2n) is 5.82. The van der Waals surface area contributed by atoms with Crippen LogP contribution in [-0.2, 0) is 9.59 Å². The van der Waals surface area contributed by atoms with Crippen molar-refractivity contribution in [2.24, 2.45) is 5.92 Å². The summed E-state index contributed by atoms with van der Waals surface area (Å²) >= 11 is 0. The molecule has 0 aliphatic heterocycles. The molecule has 0 aromatic carbocycles. The molecule has 0 fully saturated rings. The summed E-state index contributed by atoms with van der Waals surface area (Å²) in [6, 6.07) is 0. The molecule has 3 rings (SSSR count). The molecule has 0 heterocycles. The van der Waals surface area contributed by atoms with Gasteiger partial charge in [-0.15, -0.1) is 6.58 Å². The van der Waals surface area contributed by atoms with Gasteiger partial charge in [-0.3, -0.25) is 9.59 Å². The van der Waals surface area contributed by atoms with Crippen LogP contribution in [-0.4, -0.2) is 11.6 Å². The van der Waals surface area contributed by atoms with Gasteiger partial charge in [0, 0.05) is 28.2 Å². The summed E-state index contributed by atoms with van der Waals surface area (Å²) in [5.74, 6) is 0.416. The summed E-state index contributed by atoms with van der Waals surface area (Å²) in [5, 5.41) is 0. The van der Waals surface area contributed by atoms with Crippen LogP contribution in [0.4, 0.5) is 0 Å². The van der Waals surface area contributed by atoms with E-state index in [0.717, 1.165) is 60.8 Å². The quantitative estimate of drug-likeness (QED) is 0.575. The summed E-state index contributed by atoms with van der Waals surface area (Å²) in [6.07, 6.45) is 12.0. The third kappa shape index (κ3) is 2.04. The minimum atomic E-state index is 0.101. The molecule has 2 heteroatoms. The van der Waals surface area contributed by atoms with E-state index < -0.39 is 0 Å². The van der Waals surface area contributed by atoms with Gasteiger partial charge in [-0.25, -0.2) is 0 Å². The number of carbonyl (C=O) groups excluding carboxylic acids is 2. The van der Waals surface area contributed by atoms with Crippen LogP contribution >= 0.6 is 0 Å². The predicted octanol–water partition coefficient (Wildman–Crippen LogP) is 3.85. The predicted molar refractivity (Wildman–Crippen MR) is 79.2 cm³/mol. The van der Waals surface area contributed by atoms with Crippen LogP contribution in [0.5, 0.6) is 0 Å². The van der Waals surface area contributed by atoms with Crippen molar-refractivity contribution in [3.05, 3.63) is 47.1 Å². The van der Waals surface area contributed by atoms with E-state index in [0.29, 0.717) is 6.42 Å². The van der Waals surface area contributed by atoms with E-state index in [2.05, 4.69) is 12.7 Å². The highest BCUT2D eigenvalue weighted by atomic mass is 16.1. The lowest BCUT2D eigenvalue weighted by Gasteiger charge is -2.31. The molecule has 0 N–H and O–H groups in total. The number of hydrogen-bond acceptors (Lipinski definition) is 2. The number of ketones is 2. The molecule has 104 valence electrons. The highest BCUT2D eigenvalue weighted by Crippen LogP contribution is 2.41. The molecule has 0 aromatic heterocycles. The van der Waals surface area contributed by atoms with E-state index in [9.17, 15) is 9.59 Å². The standard InChI is InChI=1S/C18H20O2/c1-2-3-7-12-8-6-11-15-16(12)18(20)14-10-5-4-9-13(14)17(15)19/h2,6,8,12H,1,3-5,7,9-11H2. The number of rotatable bonds is 3. The lowest BCUT2D eigenvalue weighted by molar-refractivity contribution is -0.117. The molecule has 0 saturated carbocycles. The molecule has 2 nitrogen and oxygen atoms in total. The van der Waals surface area contributed by atoms with Crippen molar-refractivity contribution in [1.29, 1.82) is 0 Å². The van der Waals surface area contributed by atoms with Gasteiger partial charge in [0.1, 0.15) is 0 Å². The van der Waals surface area contributed by atoms with Crippen LogP contribution in [0.15, 0.2) is 47.1 Å². The first kappa shape index (κ1) is 13.3. The van der Waals surface area contributed by atoms with E-state index in [-0.39, 0.29) is 17.5 Å².